The van der Waals surface area contributed by atoms with Gasteiger partial charge < -0.3 is 14.8 Å². The van der Waals surface area contributed by atoms with E-state index in [2.05, 4.69) is 10.1 Å². The van der Waals surface area contributed by atoms with Gasteiger partial charge in [0.2, 0.25) is 0 Å². The fourth-order valence-electron chi connectivity index (χ4n) is 2.41. The summed E-state index contributed by atoms with van der Waals surface area (Å²) in [7, 11) is 1.29. The Hall–Kier alpha value is -2.37. The van der Waals surface area contributed by atoms with Crippen LogP contribution in [-0.4, -0.2) is 37.6 Å². The summed E-state index contributed by atoms with van der Waals surface area (Å²) in [6, 6.07) is 6.07. The van der Waals surface area contributed by atoms with Crippen LogP contribution in [0.2, 0.25) is 0 Å². The van der Waals surface area contributed by atoms with Gasteiger partial charge in [0, 0.05) is 6.04 Å². The van der Waals surface area contributed by atoms with E-state index in [9.17, 15) is 14.4 Å². The lowest BCUT2D eigenvalue weighted by Gasteiger charge is -2.12. The van der Waals surface area contributed by atoms with E-state index in [0.717, 1.165) is 25.7 Å². The number of methoxy groups -OCH3 is 1. The van der Waals surface area contributed by atoms with Crippen LogP contribution in [0, 0.1) is 0 Å². The first-order valence-corrected chi connectivity index (χ1v) is 7.25. The van der Waals surface area contributed by atoms with Crippen molar-refractivity contribution in [3.63, 3.8) is 0 Å². The summed E-state index contributed by atoms with van der Waals surface area (Å²) in [6.07, 6.45) is 4.21. The first-order valence-electron chi connectivity index (χ1n) is 7.25. The van der Waals surface area contributed by atoms with Crippen LogP contribution in [0.4, 0.5) is 0 Å². The van der Waals surface area contributed by atoms with Gasteiger partial charge in [0.15, 0.2) is 6.61 Å². The van der Waals surface area contributed by atoms with Gasteiger partial charge in [-0.25, -0.2) is 9.59 Å². The average Bonchev–Trinajstić information content (AvgIpc) is 3.05. The van der Waals surface area contributed by atoms with Gasteiger partial charge in [-0.1, -0.05) is 12.8 Å². The van der Waals surface area contributed by atoms with E-state index in [0.29, 0.717) is 5.56 Å². The second-order valence-corrected chi connectivity index (χ2v) is 5.19. The van der Waals surface area contributed by atoms with Crippen molar-refractivity contribution in [2.45, 2.75) is 31.7 Å². The van der Waals surface area contributed by atoms with Gasteiger partial charge in [0.05, 0.1) is 18.2 Å². The lowest BCUT2D eigenvalue weighted by Crippen LogP contribution is -2.35. The van der Waals surface area contributed by atoms with Crippen LogP contribution in [0.3, 0.4) is 0 Å². The molecule has 6 nitrogen and oxygen atoms in total. The van der Waals surface area contributed by atoms with Crippen molar-refractivity contribution in [3.05, 3.63) is 35.4 Å². The Morgan fingerprint density at radius 3 is 2.14 bits per heavy atom. The Morgan fingerprint density at radius 2 is 1.59 bits per heavy atom. The summed E-state index contributed by atoms with van der Waals surface area (Å²) < 4.78 is 9.53. The maximum atomic E-state index is 11.8. The first-order chi connectivity index (χ1) is 10.6. The van der Waals surface area contributed by atoms with Crippen molar-refractivity contribution >= 4 is 17.8 Å². The van der Waals surface area contributed by atoms with Crippen LogP contribution in [0.1, 0.15) is 46.4 Å². The third kappa shape index (κ3) is 4.31. The number of rotatable bonds is 5. The third-order valence-electron chi connectivity index (χ3n) is 3.60. The van der Waals surface area contributed by atoms with Crippen LogP contribution in [0.5, 0.6) is 0 Å². The van der Waals surface area contributed by atoms with E-state index < -0.39 is 11.9 Å². The minimum Gasteiger partial charge on any atom is -0.465 e. The van der Waals surface area contributed by atoms with Crippen molar-refractivity contribution in [2.24, 2.45) is 0 Å². The summed E-state index contributed by atoms with van der Waals surface area (Å²) in [5.74, 6) is -1.36. The summed E-state index contributed by atoms with van der Waals surface area (Å²) >= 11 is 0. The fraction of sp³-hybridized carbons (Fsp3) is 0.438. The summed E-state index contributed by atoms with van der Waals surface area (Å²) in [5, 5.41) is 2.84. The summed E-state index contributed by atoms with van der Waals surface area (Å²) in [5.41, 5.74) is 0.624. The van der Waals surface area contributed by atoms with E-state index in [1.165, 1.54) is 31.4 Å². The van der Waals surface area contributed by atoms with Crippen molar-refractivity contribution in [1.29, 1.82) is 0 Å². The first kappa shape index (κ1) is 16.0. The van der Waals surface area contributed by atoms with Crippen molar-refractivity contribution < 1.29 is 23.9 Å². The quantitative estimate of drug-likeness (QED) is 0.837. The molecule has 1 N–H and O–H groups in total. The van der Waals surface area contributed by atoms with Gasteiger partial charge in [-0.15, -0.1) is 0 Å². The molecule has 0 saturated heterocycles. The molecular formula is C16H19NO5. The van der Waals surface area contributed by atoms with Gasteiger partial charge >= 0.3 is 11.9 Å². The molecule has 0 unspecified atom stereocenters. The molecule has 0 radical (unpaired) electrons. The van der Waals surface area contributed by atoms with Crippen LogP contribution in [-0.2, 0) is 14.3 Å². The molecule has 1 saturated carbocycles. The molecule has 1 amide bonds. The monoisotopic (exact) mass is 305 g/mol. The molecule has 118 valence electrons. The second-order valence-electron chi connectivity index (χ2n) is 5.19. The zero-order valence-electron chi connectivity index (χ0n) is 12.5. The lowest BCUT2D eigenvalue weighted by molar-refractivity contribution is -0.124. The molecular weight excluding hydrogens is 286 g/mol. The Labute approximate surface area is 128 Å². The Balaban J connectivity index is 1.81. The molecule has 1 aliphatic carbocycles. The maximum Gasteiger partial charge on any atom is 0.338 e. The van der Waals surface area contributed by atoms with E-state index in [-0.39, 0.29) is 24.1 Å². The van der Waals surface area contributed by atoms with Gasteiger partial charge in [-0.05, 0) is 37.1 Å². The molecule has 1 aromatic carbocycles. The molecule has 0 spiro atoms. The smallest absolute Gasteiger partial charge is 0.338 e. The zero-order valence-corrected chi connectivity index (χ0v) is 12.5. The molecule has 1 aromatic rings. The topological polar surface area (TPSA) is 81.7 Å². The standard InChI is InChI=1S/C16H19NO5/c1-21-15(19)11-6-8-12(9-7-11)16(20)22-10-14(18)17-13-4-2-3-5-13/h6-9,13H,2-5,10H2,1H3,(H,17,18). The Kier molecular flexibility index (Phi) is 5.52. The number of nitrogens with one attached hydrogen (secondary N) is 1. The molecule has 0 aromatic heterocycles. The highest BCUT2D eigenvalue weighted by Gasteiger charge is 2.18. The summed E-state index contributed by atoms with van der Waals surface area (Å²) in [6.45, 7) is -0.298. The van der Waals surface area contributed by atoms with Gasteiger partial charge in [0.1, 0.15) is 0 Å². The van der Waals surface area contributed by atoms with E-state index in [1.807, 2.05) is 0 Å². The highest BCUT2D eigenvalue weighted by Crippen LogP contribution is 2.17. The highest BCUT2D eigenvalue weighted by atomic mass is 16.5. The number of carbonyl (C=O) groups excluding carboxylic acids is 3. The predicted molar refractivity (Wildman–Crippen MR) is 78.5 cm³/mol. The van der Waals surface area contributed by atoms with Crippen LogP contribution in [0.15, 0.2) is 24.3 Å². The van der Waals surface area contributed by atoms with Crippen LogP contribution in [0.25, 0.3) is 0 Å². The second kappa shape index (κ2) is 7.59. The molecule has 1 fully saturated rings. The van der Waals surface area contributed by atoms with Gasteiger partial charge in [-0.3, -0.25) is 4.79 Å². The average molecular weight is 305 g/mol. The van der Waals surface area contributed by atoms with Gasteiger partial charge in [0.25, 0.3) is 5.91 Å². The molecule has 1 aliphatic rings. The number of carbonyl (C=O) groups is 3. The number of esters is 2. The summed E-state index contributed by atoms with van der Waals surface area (Å²) in [4.78, 5) is 34.8. The minimum absolute atomic E-state index is 0.200. The predicted octanol–water partition coefficient (Wildman–Crippen LogP) is 1.69. The number of ether oxygens (including phenoxy) is 2. The van der Waals surface area contributed by atoms with Crippen LogP contribution < -0.4 is 5.32 Å². The SMILES string of the molecule is COC(=O)c1ccc(C(=O)OCC(=O)NC2CCCC2)cc1. The molecule has 22 heavy (non-hydrogen) atoms. The highest BCUT2D eigenvalue weighted by molar-refractivity contribution is 5.94. The molecule has 0 atom stereocenters. The van der Waals surface area contributed by atoms with E-state index >= 15 is 0 Å². The lowest BCUT2D eigenvalue weighted by atomic mass is 10.1. The zero-order chi connectivity index (χ0) is 15.9. The molecule has 2 rings (SSSR count). The van der Waals surface area contributed by atoms with E-state index in [1.54, 1.807) is 0 Å². The van der Waals surface area contributed by atoms with Crippen molar-refractivity contribution in [1.82, 2.24) is 5.32 Å². The fourth-order valence-corrected chi connectivity index (χ4v) is 2.41. The number of benzene rings is 1. The maximum absolute atomic E-state index is 11.8. The number of amides is 1. The molecule has 0 aliphatic heterocycles. The van der Waals surface area contributed by atoms with Gasteiger partial charge in [-0.2, -0.15) is 0 Å². The number of hydrogen-bond acceptors (Lipinski definition) is 5. The van der Waals surface area contributed by atoms with Crippen molar-refractivity contribution in [3.8, 4) is 0 Å². The van der Waals surface area contributed by atoms with Crippen LogP contribution >= 0.6 is 0 Å². The number of hydrogen-bond donors (Lipinski definition) is 1. The Morgan fingerprint density at radius 1 is 1.05 bits per heavy atom. The molecule has 0 bridgehead atoms. The van der Waals surface area contributed by atoms with Crippen molar-refractivity contribution in [2.75, 3.05) is 13.7 Å². The largest absolute Gasteiger partial charge is 0.465 e. The Bertz CT molecular complexity index is 546. The van der Waals surface area contributed by atoms with E-state index in [4.69, 9.17) is 4.74 Å². The minimum atomic E-state index is -0.599. The molecule has 6 heteroatoms. The molecule has 0 heterocycles. The third-order valence-corrected chi connectivity index (χ3v) is 3.60. The normalized spacial score (nSPS) is 14.4.